The second-order valence-corrected chi connectivity index (χ2v) is 16.9. The third-order valence-electron chi connectivity index (χ3n) is 12.6. The zero-order valence-electron chi connectivity index (χ0n) is 34.4. The first kappa shape index (κ1) is 45.2. The number of aliphatic hydroxyl groups is 3. The van der Waals surface area contributed by atoms with Crippen molar-refractivity contribution in [1.29, 1.82) is 0 Å². The van der Waals surface area contributed by atoms with Crippen LogP contribution >= 0.6 is 0 Å². The molecular formula is C42H67NO12. The van der Waals surface area contributed by atoms with Gasteiger partial charge < -0.3 is 43.9 Å². The van der Waals surface area contributed by atoms with Gasteiger partial charge in [-0.05, 0) is 89.0 Å². The van der Waals surface area contributed by atoms with E-state index in [0.717, 1.165) is 5.57 Å². The minimum absolute atomic E-state index is 0.00142. The summed E-state index contributed by atoms with van der Waals surface area (Å²) < 4.78 is 29.6. The van der Waals surface area contributed by atoms with Crippen molar-refractivity contribution in [3.8, 4) is 0 Å². The van der Waals surface area contributed by atoms with Crippen LogP contribution in [0.15, 0.2) is 23.3 Å². The van der Waals surface area contributed by atoms with Crippen LogP contribution < -0.4 is 0 Å². The van der Waals surface area contributed by atoms with Gasteiger partial charge in [-0.25, -0.2) is 4.79 Å². The molecule has 2 saturated heterocycles. The lowest BCUT2D eigenvalue weighted by atomic mass is 9.82. The molecule has 0 aromatic carbocycles. The van der Waals surface area contributed by atoms with E-state index in [-0.39, 0.29) is 49.5 Å². The molecule has 3 fully saturated rings. The van der Waals surface area contributed by atoms with E-state index < -0.39 is 83.9 Å². The molecule has 1 amide bonds. The van der Waals surface area contributed by atoms with Crippen molar-refractivity contribution in [2.75, 3.05) is 27.9 Å². The zero-order valence-corrected chi connectivity index (χ0v) is 34.4. The normalized spacial score (nSPS) is 42.1. The maximum atomic E-state index is 14.2. The molecule has 13 heteroatoms. The number of piperidine rings is 1. The predicted molar refractivity (Wildman–Crippen MR) is 203 cm³/mol. The molecule has 0 aromatic heterocycles. The van der Waals surface area contributed by atoms with E-state index in [1.807, 2.05) is 32.9 Å². The predicted octanol–water partition coefficient (Wildman–Crippen LogP) is 4.08. The Balaban J connectivity index is 1.75. The summed E-state index contributed by atoms with van der Waals surface area (Å²) in [6.07, 6.45) is 3.09. The van der Waals surface area contributed by atoms with E-state index >= 15 is 0 Å². The third kappa shape index (κ3) is 10.7. The molecule has 0 radical (unpaired) electrons. The van der Waals surface area contributed by atoms with Crippen LogP contribution in [0.5, 0.6) is 0 Å². The number of amides is 1. The second-order valence-electron chi connectivity index (χ2n) is 16.9. The average Bonchev–Trinajstić information content (AvgIpc) is 3.15. The number of allylic oxidation sites excluding steroid dienone is 3. The first-order valence-electron chi connectivity index (χ1n) is 20.2. The van der Waals surface area contributed by atoms with Crippen LogP contribution in [0.1, 0.15) is 106 Å². The number of fused-ring (bicyclic) bond motifs is 3. The molecule has 55 heavy (non-hydrogen) atoms. The molecule has 2 bridgehead atoms. The number of aliphatic hydroxyl groups excluding tert-OH is 2. The molecule has 3 heterocycles. The Kier molecular flexibility index (Phi) is 16.2. The van der Waals surface area contributed by atoms with Crippen molar-refractivity contribution in [3.63, 3.8) is 0 Å². The molecule has 3 N–H and O–H groups in total. The minimum atomic E-state index is -2.50. The number of nitrogens with zero attached hydrogens (tertiary/aromatic N) is 1. The molecule has 2 unspecified atom stereocenters. The van der Waals surface area contributed by atoms with E-state index in [9.17, 15) is 34.5 Å². The summed E-state index contributed by atoms with van der Waals surface area (Å²) >= 11 is 0. The minimum Gasteiger partial charge on any atom is -0.456 e. The van der Waals surface area contributed by atoms with Gasteiger partial charge in [0.1, 0.15) is 24.0 Å². The largest absolute Gasteiger partial charge is 0.456 e. The summed E-state index contributed by atoms with van der Waals surface area (Å²) in [5.74, 6) is -7.59. The summed E-state index contributed by atoms with van der Waals surface area (Å²) in [6.45, 7) is 11.1. The van der Waals surface area contributed by atoms with E-state index in [2.05, 4.69) is 0 Å². The van der Waals surface area contributed by atoms with Crippen LogP contribution in [0.2, 0.25) is 0 Å². The SMILES string of the molecule is CO[C@H]1C[C@@H](C)C/C(C)=C\[C@@H](C)C(=O)C[C@H](O)[C@H](C)[C@@H](/C(C)=C/[C@@H]2CC[C@@H](O)[C@H](OC)C2)OC(=O)C2CCCCN2C(=O)C(=O)[C@]2(O)OC1[C@@H](OC)C[C@H]2C. The van der Waals surface area contributed by atoms with Gasteiger partial charge in [0.05, 0.1) is 30.5 Å². The smallest absolute Gasteiger partial charge is 0.329 e. The maximum Gasteiger partial charge on any atom is 0.329 e. The molecule has 0 aromatic rings. The lowest BCUT2D eigenvalue weighted by Crippen LogP contribution is -2.64. The number of esters is 1. The average molecular weight is 778 g/mol. The Hall–Kier alpha value is -2.52. The van der Waals surface area contributed by atoms with Crippen LogP contribution in [0, 0.1) is 29.6 Å². The Morgan fingerprint density at radius 3 is 2.18 bits per heavy atom. The fourth-order valence-electron chi connectivity index (χ4n) is 9.16. The Morgan fingerprint density at radius 1 is 0.873 bits per heavy atom. The lowest BCUT2D eigenvalue weighted by Gasteiger charge is -2.47. The van der Waals surface area contributed by atoms with Gasteiger partial charge in [0.2, 0.25) is 5.79 Å². The van der Waals surface area contributed by atoms with Crippen molar-refractivity contribution in [1.82, 2.24) is 4.90 Å². The quantitative estimate of drug-likeness (QED) is 0.207. The van der Waals surface area contributed by atoms with Crippen molar-refractivity contribution in [2.45, 2.75) is 160 Å². The number of methoxy groups -OCH3 is 3. The number of Topliss-reactive ketones (excluding diaryl/α,β-unsaturated/α-hetero) is 2. The lowest BCUT2D eigenvalue weighted by molar-refractivity contribution is -0.302. The standard InChI is InChI=1S/C42H67NO12/c1-23-16-24(2)18-35(52-8)38-36(53-9)20-27(5)42(50,55-38)39(47)40(48)43-15-11-10-12-30(43)41(49)54-37(28(6)33(46)22-32(45)25(3)17-23)26(4)19-29-13-14-31(44)34(21-29)51-7/h17,19,24-25,27-31,33-38,44,46,50H,10-16,18,20-22H2,1-9H3/b23-17-,26-19+/t24-,25+,27+,28-,29-,30?,31+,33-,34+,35-,36-,37+,38?,42+/m0/s1. The molecule has 13 nitrogen and oxygen atoms in total. The fourth-order valence-corrected chi connectivity index (χ4v) is 9.16. The molecule has 1 saturated carbocycles. The van der Waals surface area contributed by atoms with Crippen LogP contribution in [0.25, 0.3) is 0 Å². The summed E-state index contributed by atoms with van der Waals surface area (Å²) in [5.41, 5.74) is 1.64. The van der Waals surface area contributed by atoms with Crippen molar-refractivity contribution in [3.05, 3.63) is 23.3 Å². The van der Waals surface area contributed by atoms with Gasteiger partial charge in [0.15, 0.2) is 0 Å². The summed E-state index contributed by atoms with van der Waals surface area (Å²) in [7, 11) is 4.62. The maximum absolute atomic E-state index is 14.2. The van der Waals surface area contributed by atoms with Crippen LogP contribution in [-0.4, -0.2) is 126 Å². The Bertz CT molecular complexity index is 1410. The summed E-state index contributed by atoms with van der Waals surface area (Å²) in [5, 5.41) is 33.9. The molecule has 4 aliphatic rings. The highest BCUT2D eigenvalue weighted by atomic mass is 16.7. The van der Waals surface area contributed by atoms with Gasteiger partial charge in [-0.1, -0.05) is 45.4 Å². The summed E-state index contributed by atoms with van der Waals surface area (Å²) in [6, 6.07) is -1.13. The highest BCUT2D eigenvalue weighted by molar-refractivity contribution is 6.39. The van der Waals surface area contributed by atoms with E-state index in [1.54, 1.807) is 27.9 Å². The van der Waals surface area contributed by atoms with Crippen molar-refractivity contribution < 1.29 is 58.2 Å². The molecule has 1 aliphatic carbocycles. The highest BCUT2D eigenvalue weighted by Crippen LogP contribution is 2.39. The first-order chi connectivity index (χ1) is 25.9. The third-order valence-corrected chi connectivity index (χ3v) is 12.6. The van der Waals surface area contributed by atoms with Crippen molar-refractivity contribution in [2.24, 2.45) is 29.6 Å². The zero-order chi connectivity index (χ0) is 40.8. The number of cyclic esters (lactones) is 1. The molecule has 4 rings (SSSR count). The first-order valence-corrected chi connectivity index (χ1v) is 20.2. The van der Waals surface area contributed by atoms with Gasteiger partial charge in [-0.3, -0.25) is 14.4 Å². The molecule has 14 atom stereocenters. The van der Waals surface area contributed by atoms with E-state index in [1.165, 1.54) is 19.1 Å². The fraction of sp³-hybridized carbons (Fsp3) is 0.810. The van der Waals surface area contributed by atoms with Gasteiger partial charge in [0.25, 0.3) is 11.7 Å². The van der Waals surface area contributed by atoms with Gasteiger partial charge in [-0.2, -0.15) is 0 Å². The van der Waals surface area contributed by atoms with Gasteiger partial charge in [-0.15, -0.1) is 0 Å². The molecule has 3 aliphatic heterocycles. The van der Waals surface area contributed by atoms with E-state index in [4.69, 9.17) is 23.7 Å². The molecule has 312 valence electrons. The van der Waals surface area contributed by atoms with E-state index in [0.29, 0.717) is 50.5 Å². The number of ketones is 2. The number of ether oxygens (including phenoxy) is 5. The van der Waals surface area contributed by atoms with Crippen LogP contribution in [0.3, 0.4) is 0 Å². The number of carbonyl (C=O) groups excluding carboxylic acids is 4. The van der Waals surface area contributed by atoms with Crippen molar-refractivity contribution >= 4 is 23.4 Å². The highest BCUT2D eigenvalue weighted by Gasteiger charge is 2.56. The number of hydrogen-bond donors (Lipinski definition) is 3. The molecule has 0 spiro atoms. The molecular weight excluding hydrogens is 710 g/mol. The Labute approximate surface area is 327 Å². The van der Waals surface area contributed by atoms with Gasteiger partial charge >= 0.3 is 5.97 Å². The second kappa shape index (κ2) is 19.8. The van der Waals surface area contributed by atoms with Crippen LogP contribution in [-0.2, 0) is 42.9 Å². The summed E-state index contributed by atoms with van der Waals surface area (Å²) in [4.78, 5) is 57.3. The number of rotatable bonds is 5. The number of carbonyl (C=O) groups is 4. The van der Waals surface area contributed by atoms with Gasteiger partial charge in [0, 0.05) is 52.0 Å². The number of hydrogen-bond acceptors (Lipinski definition) is 12. The Morgan fingerprint density at radius 2 is 1.53 bits per heavy atom. The van der Waals surface area contributed by atoms with Crippen LogP contribution in [0.4, 0.5) is 0 Å². The monoisotopic (exact) mass is 777 g/mol. The topological polar surface area (TPSA) is 178 Å².